The Labute approximate surface area is 116 Å². The summed E-state index contributed by atoms with van der Waals surface area (Å²) in [5, 5.41) is 19.3. The highest BCUT2D eigenvalue weighted by molar-refractivity contribution is 6.06. The van der Waals surface area contributed by atoms with Gasteiger partial charge in [-0.3, -0.25) is 14.4 Å². The van der Waals surface area contributed by atoms with E-state index in [1.54, 1.807) is 24.7 Å². The van der Waals surface area contributed by atoms with E-state index < -0.39 is 5.54 Å². The van der Waals surface area contributed by atoms with Crippen molar-refractivity contribution in [1.82, 2.24) is 25.2 Å². The molecule has 110 valence electrons. The Balaban J connectivity index is 1.91. The van der Waals surface area contributed by atoms with Gasteiger partial charge in [-0.05, 0) is 26.7 Å². The number of rotatable bonds is 6. The lowest BCUT2D eigenvalue weighted by molar-refractivity contribution is -0.130. The molecule has 1 saturated heterocycles. The summed E-state index contributed by atoms with van der Waals surface area (Å²) in [6.45, 7) is 4.13. The predicted molar refractivity (Wildman–Crippen MR) is 69.8 cm³/mol. The molecule has 0 unspecified atom stereocenters. The summed E-state index contributed by atoms with van der Waals surface area (Å²) in [7, 11) is 0. The summed E-state index contributed by atoms with van der Waals surface area (Å²) in [5.41, 5.74) is -0.0530. The molecule has 0 radical (unpaired) electrons. The van der Waals surface area contributed by atoms with Crippen molar-refractivity contribution < 1.29 is 14.7 Å². The summed E-state index contributed by atoms with van der Waals surface area (Å²) in [6.07, 6.45) is 3.06. The fraction of sp³-hybridized carbons (Fsp3) is 0.667. The smallest absolute Gasteiger partial charge is 0.325 e. The number of aromatic nitrogens is 3. The van der Waals surface area contributed by atoms with Crippen LogP contribution in [0.4, 0.5) is 4.79 Å². The highest BCUT2D eigenvalue weighted by atomic mass is 16.3. The van der Waals surface area contributed by atoms with Gasteiger partial charge in [0.05, 0.1) is 18.8 Å². The Morgan fingerprint density at radius 2 is 2.10 bits per heavy atom. The topological polar surface area (TPSA) is 100 Å². The number of carbonyl (C=O) groups excluding carboxylic acids is 2. The normalized spacial score (nSPS) is 17.6. The summed E-state index contributed by atoms with van der Waals surface area (Å²) < 4.78 is 1.60. The number of aliphatic hydroxyl groups excluding tert-OH is 1. The SMILES string of the molecule is CC1(C)NC(=O)N(CCn2cc(CCCO)nn2)C1=O. The summed E-state index contributed by atoms with van der Waals surface area (Å²) in [4.78, 5) is 24.9. The summed E-state index contributed by atoms with van der Waals surface area (Å²) >= 11 is 0. The molecule has 0 saturated carbocycles. The first kappa shape index (κ1) is 14.4. The van der Waals surface area contributed by atoms with Crippen LogP contribution < -0.4 is 5.32 Å². The fourth-order valence-corrected chi connectivity index (χ4v) is 2.05. The molecule has 0 bridgehead atoms. The largest absolute Gasteiger partial charge is 0.396 e. The van der Waals surface area contributed by atoms with Crippen molar-refractivity contribution in [2.75, 3.05) is 13.2 Å². The highest BCUT2D eigenvalue weighted by Crippen LogP contribution is 2.16. The Kier molecular flexibility index (Phi) is 4.03. The van der Waals surface area contributed by atoms with Gasteiger partial charge in [0.2, 0.25) is 0 Å². The molecule has 3 amide bonds. The van der Waals surface area contributed by atoms with Crippen LogP contribution in [0.1, 0.15) is 26.0 Å². The Morgan fingerprint density at radius 3 is 2.70 bits per heavy atom. The van der Waals surface area contributed by atoms with E-state index in [4.69, 9.17) is 5.11 Å². The molecular weight excluding hydrogens is 262 g/mol. The molecule has 0 aromatic carbocycles. The second-order valence-electron chi connectivity index (χ2n) is 5.31. The number of hydrogen-bond acceptors (Lipinski definition) is 5. The van der Waals surface area contributed by atoms with Gasteiger partial charge in [0.1, 0.15) is 5.54 Å². The second kappa shape index (κ2) is 5.58. The number of aliphatic hydroxyl groups is 1. The molecule has 2 N–H and O–H groups in total. The van der Waals surface area contributed by atoms with Crippen molar-refractivity contribution in [3.05, 3.63) is 11.9 Å². The van der Waals surface area contributed by atoms with Crippen LogP contribution in [0.5, 0.6) is 0 Å². The number of nitrogens with one attached hydrogen (secondary N) is 1. The molecule has 0 atom stereocenters. The van der Waals surface area contributed by atoms with Gasteiger partial charge in [0, 0.05) is 12.8 Å². The molecule has 1 fully saturated rings. The molecule has 2 rings (SSSR count). The average molecular weight is 281 g/mol. The maximum atomic E-state index is 12.0. The van der Waals surface area contributed by atoms with Crippen LogP contribution in [0.15, 0.2) is 6.20 Å². The molecule has 20 heavy (non-hydrogen) atoms. The van der Waals surface area contributed by atoms with Crippen molar-refractivity contribution in [2.24, 2.45) is 0 Å². The third-order valence-electron chi connectivity index (χ3n) is 3.17. The minimum absolute atomic E-state index is 0.115. The van der Waals surface area contributed by atoms with E-state index in [2.05, 4.69) is 15.6 Å². The average Bonchev–Trinajstić information content (AvgIpc) is 2.90. The van der Waals surface area contributed by atoms with Crippen molar-refractivity contribution in [1.29, 1.82) is 0 Å². The quantitative estimate of drug-likeness (QED) is 0.687. The molecule has 8 nitrogen and oxygen atoms in total. The molecule has 0 aliphatic carbocycles. The molecule has 1 aliphatic heterocycles. The molecule has 1 aromatic rings. The van der Waals surface area contributed by atoms with Gasteiger partial charge in [-0.2, -0.15) is 0 Å². The van der Waals surface area contributed by atoms with E-state index in [-0.39, 0.29) is 25.1 Å². The zero-order valence-corrected chi connectivity index (χ0v) is 11.7. The van der Waals surface area contributed by atoms with Gasteiger partial charge in [-0.25, -0.2) is 4.79 Å². The van der Waals surface area contributed by atoms with Crippen LogP contribution >= 0.6 is 0 Å². The van der Waals surface area contributed by atoms with Crippen LogP contribution in [-0.2, 0) is 17.8 Å². The van der Waals surface area contributed by atoms with Crippen LogP contribution in [-0.4, -0.2) is 55.6 Å². The monoisotopic (exact) mass is 281 g/mol. The predicted octanol–water partition coefficient (Wildman–Crippen LogP) is -0.467. The van der Waals surface area contributed by atoms with Crippen LogP contribution in [0.3, 0.4) is 0 Å². The van der Waals surface area contributed by atoms with Crippen molar-refractivity contribution in [3.63, 3.8) is 0 Å². The zero-order chi connectivity index (χ0) is 14.8. The molecule has 1 aliphatic rings. The first-order chi connectivity index (χ1) is 9.44. The lowest BCUT2D eigenvalue weighted by atomic mass is 10.1. The lowest BCUT2D eigenvalue weighted by Gasteiger charge is -2.15. The minimum Gasteiger partial charge on any atom is -0.396 e. The summed E-state index contributed by atoms with van der Waals surface area (Å²) in [5.74, 6) is -0.233. The number of aryl methyl sites for hydroxylation is 1. The third-order valence-corrected chi connectivity index (χ3v) is 3.17. The number of urea groups is 1. The van der Waals surface area contributed by atoms with E-state index in [1.807, 2.05) is 0 Å². The number of nitrogens with zero attached hydrogens (tertiary/aromatic N) is 4. The van der Waals surface area contributed by atoms with E-state index in [0.717, 1.165) is 5.69 Å². The van der Waals surface area contributed by atoms with Crippen LogP contribution in [0, 0.1) is 0 Å². The van der Waals surface area contributed by atoms with E-state index in [1.165, 1.54) is 4.90 Å². The number of hydrogen-bond donors (Lipinski definition) is 2. The van der Waals surface area contributed by atoms with Crippen LogP contribution in [0.2, 0.25) is 0 Å². The third kappa shape index (κ3) is 2.96. The van der Waals surface area contributed by atoms with Crippen molar-refractivity contribution >= 4 is 11.9 Å². The van der Waals surface area contributed by atoms with Gasteiger partial charge in [0.15, 0.2) is 0 Å². The highest BCUT2D eigenvalue weighted by Gasteiger charge is 2.43. The van der Waals surface area contributed by atoms with E-state index >= 15 is 0 Å². The van der Waals surface area contributed by atoms with Gasteiger partial charge >= 0.3 is 6.03 Å². The Morgan fingerprint density at radius 1 is 1.35 bits per heavy atom. The number of carbonyl (C=O) groups is 2. The lowest BCUT2D eigenvalue weighted by Crippen LogP contribution is -2.40. The van der Waals surface area contributed by atoms with Gasteiger partial charge in [-0.15, -0.1) is 5.10 Å². The van der Waals surface area contributed by atoms with Gasteiger partial charge < -0.3 is 10.4 Å². The number of amides is 3. The van der Waals surface area contributed by atoms with Crippen molar-refractivity contribution in [2.45, 2.75) is 38.8 Å². The van der Waals surface area contributed by atoms with Crippen LogP contribution in [0.25, 0.3) is 0 Å². The molecule has 8 heteroatoms. The standard InChI is InChI=1S/C12H19N5O3/c1-12(2)10(19)17(11(20)13-12)6-5-16-8-9(14-15-16)4-3-7-18/h8,18H,3-7H2,1-2H3,(H,13,20). The summed E-state index contributed by atoms with van der Waals surface area (Å²) in [6, 6.07) is -0.374. The number of imide groups is 1. The Hall–Kier alpha value is -1.96. The Bertz CT molecular complexity index is 511. The molecule has 2 heterocycles. The van der Waals surface area contributed by atoms with Gasteiger partial charge in [0.25, 0.3) is 5.91 Å². The van der Waals surface area contributed by atoms with E-state index in [9.17, 15) is 9.59 Å². The first-order valence-electron chi connectivity index (χ1n) is 6.58. The van der Waals surface area contributed by atoms with Crippen molar-refractivity contribution in [3.8, 4) is 0 Å². The maximum Gasteiger partial charge on any atom is 0.325 e. The second-order valence-corrected chi connectivity index (χ2v) is 5.31. The van der Waals surface area contributed by atoms with Gasteiger partial charge in [-0.1, -0.05) is 5.21 Å². The zero-order valence-electron chi connectivity index (χ0n) is 11.7. The molecule has 0 spiro atoms. The van der Waals surface area contributed by atoms with E-state index in [0.29, 0.717) is 19.4 Å². The molecule has 1 aromatic heterocycles. The molecular formula is C12H19N5O3. The fourth-order valence-electron chi connectivity index (χ4n) is 2.05. The maximum absolute atomic E-state index is 12.0. The minimum atomic E-state index is -0.842. The first-order valence-corrected chi connectivity index (χ1v) is 6.58.